The number of benzene rings is 1. The molecular weight excluding hydrogens is 353 g/mol. The lowest BCUT2D eigenvalue weighted by Gasteiger charge is -2.17. The van der Waals surface area contributed by atoms with Crippen LogP contribution in [0.1, 0.15) is 16.4 Å². The molecule has 1 heterocycles. The second kappa shape index (κ2) is 8.63. The van der Waals surface area contributed by atoms with Crippen molar-refractivity contribution in [1.29, 1.82) is 0 Å². The molecule has 0 fully saturated rings. The Balaban J connectivity index is 2.04. The van der Waals surface area contributed by atoms with E-state index in [-0.39, 0.29) is 5.82 Å². The van der Waals surface area contributed by atoms with Crippen molar-refractivity contribution >= 4 is 27.3 Å². The van der Waals surface area contributed by atoms with E-state index in [0.29, 0.717) is 12.5 Å². The van der Waals surface area contributed by atoms with E-state index >= 15 is 0 Å². The Morgan fingerprint density at radius 3 is 2.62 bits per heavy atom. The molecule has 1 aromatic heterocycles. The van der Waals surface area contributed by atoms with Gasteiger partial charge in [0.2, 0.25) is 0 Å². The van der Waals surface area contributed by atoms with Crippen LogP contribution >= 0.6 is 27.3 Å². The molecule has 0 radical (unpaired) electrons. The van der Waals surface area contributed by atoms with Crippen LogP contribution in [0.5, 0.6) is 0 Å². The number of methoxy groups -OCH3 is 1. The number of nitrogens with one attached hydrogen (secondary N) is 1. The fraction of sp³-hybridized carbons (Fsp3) is 0.375. The molecule has 1 atom stereocenters. The fourth-order valence-electron chi connectivity index (χ4n) is 2.20. The maximum atomic E-state index is 13.1. The number of thiophene rings is 1. The minimum absolute atomic E-state index is 0.191. The first kappa shape index (κ1) is 16.6. The van der Waals surface area contributed by atoms with E-state index in [2.05, 4.69) is 33.4 Å². The van der Waals surface area contributed by atoms with Crippen LogP contribution in [0.2, 0.25) is 0 Å². The minimum atomic E-state index is -0.191. The van der Waals surface area contributed by atoms with E-state index in [1.165, 1.54) is 17.0 Å². The highest BCUT2D eigenvalue weighted by atomic mass is 79.9. The zero-order chi connectivity index (χ0) is 15.1. The maximum absolute atomic E-state index is 13.1. The van der Waals surface area contributed by atoms with Crippen LogP contribution < -0.4 is 5.32 Å². The summed E-state index contributed by atoms with van der Waals surface area (Å²) >= 11 is 5.25. The van der Waals surface area contributed by atoms with Crippen LogP contribution in [0.15, 0.2) is 40.2 Å². The van der Waals surface area contributed by atoms with Crippen LogP contribution in [-0.4, -0.2) is 26.8 Å². The Morgan fingerprint density at radius 2 is 2.00 bits per heavy atom. The molecule has 1 N–H and O–H groups in total. The molecule has 2 aromatic rings. The minimum Gasteiger partial charge on any atom is -0.383 e. The molecule has 0 saturated carbocycles. The first-order chi connectivity index (χ1) is 10.2. The van der Waals surface area contributed by atoms with Crippen LogP contribution in [0.3, 0.4) is 0 Å². The zero-order valence-electron chi connectivity index (χ0n) is 11.9. The first-order valence-electron chi connectivity index (χ1n) is 6.88. The summed E-state index contributed by atoms with van der Waals surface area (Å²) in [4.78, 5) is 1.32. The Morgan fingerprint density at radius 1 is 1.24 bits per heavy atom. The highest BCUT2D eigenvalue weighted by molar-refractivity contribution is 9.11. The highest BCUT2D eigenvalue weighted by Crippen LogP contribution is 2.28. The van der Waals surface area contributed by atoms with Gasteiger partial charge in [0.25, 0.3) is 0 Å². The molecule has 5 heteroatoms. The standard InChI is InChI=1S/C16H19BrFNOS/c1-20-9-8-19-11-13(10-15-6-7-16(17)21-15)12-2-4-14(18)5-3-12/h2-7,13,19H,8-11H2,1H3. The van der Waals surface area contributed by atoms with Gasteiger partial charge in [-0.15, -0.1) is 11.3 Å². The quantitative estimate of drug-likeness (QED) is 0.701. The summed E-state index contributed by atoms with van der Waals surface area (Å²) in [5.41, 5.74) is 1.16. The van der Waals surface area contributed by atoms with Crippen LogP contribution in [0, 0.1) is 5.82 Å². The smallest absolute Gasteiger partial charge is 0.123 e. The first-order valence-corrected chi connectivity index (χ1v) is 8.49. The molecule has 0 bridgehead atoms. The number of ether oxygens (including phenoxy) is 1. The number of hydrogen-bond donors (Lipinski definition) is 1. The second-order valence-corrected chi connectivity index (χ2v) is 7.40. The second-order valence-electron chi connectivity index (χ2n) is 4.86. The molecule has 114 valence electrons. The monoisotopic (exact) mass is 371 g/mol. The van der Waals surface area contributed by atoms with E-state index in [1.807, 2.05) is 12.1 Å². The van der Waals surface area contributed by atoms with E-state index in [9.17, 15) is 4.39 Å². The van der Waals surface area contributed by atoms with Gasteiger partial charge in [-0.05, 0) is 52.2 Å². The largest absolute Gasteiger partial charge is 0.383 e. The summed E-state index contributed by atoms with van der Waals surface area (Å²) in [5, 5.41) is 3.40. The SMILES string of the molecule is COCCNCC(Cc1ccc(Br)s1)c1ccc(F)cc1. The molecule has 0 saturated heterocycles. The molecule has 0 amide bonds. The van der Waals surface area contributed by atoms with E-state index in [0.717, 1.165) is 28.9 Å². The molecule has 2 rings (SSSR count). The Hall–Kier alpha value is -0.750. The Labute approximate surface area is 137 Å². The van der Waals surface area contributed by atoms with Gasteiger partial charge in [0, 0.05) is 31.0 Å². The lowest BCUT2D eigenvalue weighted by Crippen LogP contribution is -2.26. The summed E-state index contributed by atoms with van der Waals surface area (Å²) in [7, 11) is 1.70. The van der Waals surface area contributed by atoms with Gasteiger partial charge >= 0.3 is 0 Å². The van der Waals surface area contributed by atoms with Gasteiger partial charge in [0.05, 0.1) is 10.4 Å². The molecule has 0 aliphatic carbocycles. The van der Waals surface area contributed by atoms with Crippen molar-refractivity contribution in [2.75, 3.05) is 26.8 Å². The third-order valence-corrected chi connectivity index (χ3v) is 4.94. The van der Waals surface area contributed by atoms with Crippen molar-refractivity contribution in [2.24, 2.45) is 0 Å². The highest BCUT2D eigenvalue weighted by Gasteiger charge is 2.13. The summed E-state index contributed by atoms with van der Waals surface area (Å²) in [6.07, 6.45) is 0.946. The molecule has 0 spiro atoms. The van der Waals surface area contributed by atoms with Gasteiger partial charge in [-0.3, -0.25) is 0 Å². The molecule has 0 aliphatic heterocycles. The van der Waals surface area contributed by atoms with Crippen molar-refractivity contribution in [3.05, 3.63) is 56.4 Å². The summed E-state index contributed by atoms with van der Waals surface area (Å²) in [5.74, 6) is 0.136. The van der Waals surface area contributed by atoms with E-state index in [4.69, 9.17) is 4.74 Å². The average Bonchev–Trinajstić information content (AvgIpc) is 2.88. The zero-order valence-corrected chi connectivity index (χ0v) is 14.3. The normalized spacial score (nSPS) is 12.5. The Kier molecular flexibility index (Phi) is 6.83. The van der Waals surface area contributed by atoms with Gasteiger partial charge < -0.3 is 10.1 Å². The molecule has 1 aromatic carbocycles. The van der Waals surface area contributed by atoms with Crippen LogP contribution in [-0.2, 0) is 11.2 Å². The number of rotatable bonds is 8. The topological polar surface area (TPSA) is 21.3 Å². The molecule has 21 heavy (non-hydrogen) atoms. The molecular formula is C16H19BrFNOS. The van der Waals surface area contributed by atoms with Crippen molar-refractivity contribution in [2.45, 2.75) is 12.3 Å². The van der Waals surface area contributed by atoms with Gasteiger partial charge in [-0.1, -0.05) is 12.1 Å². The molecule has 2 nitrogen and oxygen atoms in total. The summed E-state index contributed by atoms with van der Waals surface area (Å²) in [6.45, 7) is 2.37. The van der Waals surface area contributed by atoms with Crippen molar-refractivity contribution in [1.82, 2.24) is 5.32 Å². The van der Waals surface area contributed by atoms with Crippen molar-refractivity contribution in [3.8, 4) is 0 Å². The van der Waals surface area contributed by atoms with Gasteiger partial charge in [0.1, 0.15) is 5.82 Å². The summed E-state index contributed by atoms with van der Waals surface area (Å²) in [6, 6.07) is 11.0. The summed E-state index contributed by atoms with van der Waals surface area (Å²) < 4.78 is 19.3. The predicted molar refractivity (Wildman–Crippen MR) is 89.6 cm³/mol. The van der Waals surface area contributed by atoms with Crippen LogP contribution in [0.4, 0.5) is 4.39 Å². The fourth-order valence-corrected chi connectivity index (χ4v) is 3.76. The van der Waals surface area contributed by atoms with E-state index < -0.39 is 0 Å². The third-order valence-electron chi connectivity index (χ3n) is 3.29. The van der Waals surface area contributed by atoms with E-state index in [1.54, 1.807) is 18.4 Å². The lowest BCUT2D eigenvalue weighted by molar-refractivity contribution is 0.199. The molecule has 1 unspecified atom stereocenters. The number of hydrogen-bond acceptors (Lipinski definition) is 3. The average molecular weight is 372 g/mol. The lowest BCUT2D eigenvalue weighted by atomic mass is 9.95. The number of halogens is 2. The van der Waals surface area contributed by atoms with Gasteiger partial charge in [-0.2, -0.15) is 0 Å². The predicted octanol–water partition coefficient (Wildman–Crippen LogP) is 4.21. The third kappa shape index (κ3) is 5.51. The van der Waals surface area contributed by atoms with Crippen molar-refractivity contribution in [3.63, 3.8) is 0 Å². The van der Waals surface area contributed by atoms with Crippen LogP contribution in [0.25, 0.3) is 0 Å². The molecule has 0 aliphatic rings. The van der Waals surface area contributed by atoms with Crippen molar-refractivity contribution < 1.29 is 9.13 Å². The maximum Gasteiger partial charge on any atom is 0.123 e. The van der Waals surface area contributed by atoms with Gasteiger partial charge in [-0.25, -0.2) is 4.39 Å². The van der Waals surface area contributed by atoms with Gasteiger partial charge in [0.15, 0.2) is 0 Å². The Bertz CT molecular complexity index is 543.